The zero-order valence-electron chi connectivity index (χ0n) is 15.5. The smallest absolute Gasteiger partial charge is 0.245 e. The fourth-order valence-corrected chi connectivity index (χ4v) is 3.21. The van der Waals surface area contributed by atoms with E-state index in [1.807, 2.05) is 4.57 Å². The molecule has 7 nitrogen and oxygen atoms in total. The van der Waals surface area contributed by atoms with Crippen LogP contribution in [0.4, 0.5) is 4.39 Å². The molecule has 1 atom stereocenters. The molecule has 2 heterocycles. The van der Waals surface area contributed by atoms with Gasteiger partial charge >= 0.3 is 0 Å². The number of aromatic nitrogens is 2. The van der Waals surface area contributed by atoms with Gasteiger partial charge in [0, 0.05) is 26.4 Å². The van der Waals surface area contributed by atoms with Crippen molar-refractivity contribution in [3.8, 4) is 0 Å². The van der Waals surface area contributed by atoms with E-state index in [4.69, 9.17) is 4.74 Å². The highest BCUT2D eigenvalue weighted by molar-refractivity contribution is 5.94. The van der Waals surface area contributed by atoms with Gasteiger partial charge < -0.3 is 19.1 Å². The number of nitrogens with zero attached hydrogens (tertiary/aromatic N) is 4. The van der Waals surface area contributed by atoms with Crippen LogP contribution >= 0.6 is 0 Å². The Balaban J connectivity index is 1.69. The summed E-state index contributed by atoms with van der Waals surface area (Å²) in [5.74, 6) is -0.651. The van der Waals surface area contributed by atoms with E-state index in [1.54, 1.807) is 43.6 Å². The molecule has 2 amide bonds. The number of halogens is 1. The normalized spacial score (nSPS) is 17.7. The largest absolute Gasteiger partial charge is 0.383 e. The van der Waals surface area contributed by atoms with Crippen LogP contribution < -0.4 is 0 Å². The Morgan fingerprint density at radius 2 is 2.11 bits per heavy atom. The van der Waals surface area contributed by atoms with E-state index >= 15 is 0 Å². The number of hydrogen-bond acceptors (Lipinski definition) is 4. The van der Waals surface area contributed by atoms with Crippen molar-refractivity contribution in [3.05, 3.63) is 53.9 Å². The van der Waals surface area contributed by atoms with Gasteiger partial charge in [0.05, 0.1) is 25.2 Å². The highest BCUT2D eigenvalue weighted by Crippen LogP contribution is 2.18. The Kier molecular flexibility index (Phi) is 5.85. The van der Waals surface area contributed by atoms with Crippen LogP contribution in [0.25, 0.3) is 0 Å². The summed E-state index contributed by atoms with van der Waals surface area (Å²) in [7, 11) is 1.62. The van der Waals surface area contributed by atoms with Crippen molar-refractivity contribution >= 4 is 11.8 Å². The molecule has 0 unspecified atom stereocenters. The third-order valence-corrected chi connectivity index (χ3v) is 4.71. The molecule has 1 aliphatic heterocycles. The maximum atomic E-state index is 13.4. The van der Waals surface area contributed by atoms with Crippen LogP contribution in [-0.4, -0.2) is 57.5 Å². The summed E-state index contributed by atoms with van der Waals surface area (Å²) in [6.45, 7) is 3.38. The Bertz CT molecular complexity index is 823. The number of carbonyl (C=O) groups is 2. The molecule has 0 bridgehead atoms. The van der Waals surface area contributed by atoms with E-state index in [2.05, 4.69) is 4.98 Å². The van der Waals surface area contributed by atoms with Crippen LogP contribution in [0, 0.1) is 5.82 Å². The highest BCUT2D eigenvalue weighted by atomic mass is 19.1. The average Bonchev–Trinajstić information content (AvgIpc) is 3.08. The van der Waals surface area contributed by atoms with Crippen LogP contribution in [-0.2, 0) is 34.0 Å². The summed E-state index contributed by atoms with van der Waals surface area (Å²) < 4.78 is 20.4. The minimum Gasteiger partial charge on any atom is -0.383 e. The maximum Gasteiger partial charge on any atom is 0.245 e. The van der Waals surface area contributed by atoms with Gasteiger partial charge in [-0.15, -0.1) is 0 Å². The first-order valence-electron chi connectivity index (χ1n) is 8.80. The number of methoxy groups -OCH3 is 1. The molecule has 0 aliphatic carbocycles. The van der Waals surface area contributed by atoms with E-state index in [0.717, 1.165) is 5.69 Å². The van der Waals surface area contributed by atoms with Crippen LogP contribution in [0.15, 0.2) is 36.8 Å². The number of amides is 2. The molecule has 2 aromatic rings. The SMILES string of the molecule is COCCn1cncc1CN1C(=O)CN(Cc2cccc(F)c2)C(=O)[C@@H]1C. The first kappa shape index (κ1) is 19.0. The van der Waals surface area contributed by atoms with Crippen LogP contribution in [0.5, 0.6) is 0 Å². The summed E-state index contributed by atoms with van der Waals surface area (Å²) in [6.07, 6.45) is 3.38. The number of carbonyl (C=O) groups excluding carboxylic acids is 2. The first-order chi connectivity index (χ1) is 13.0. The average molecular weight is 374 g/mol. The summed E-state index contributed by atoms with van der Waals surface area (Å²) >= 11 is 0. The molecular weight excluding hydrogens is 351 g/mol. The minimum atomic E-state index is -0.592. The van der Waals surface area contributed by atoms with E-state index in [0.29, 0.717) is 25.3 Å². The summed E-state index contributed by atoms with van der Waals surface area (Å²) in [5, 5.41) is 0. The van der Waals surface area contributed by atoms with Gasteiger partial charge in [-0.3, -0.25) is 9.59 Å². The molecule has 144 valence electrons. The molecular formula is C19H23FN4O3. The van der Waals surface area contributed by atoms with Crippen LogP contribution in [0.3, 0.4) is 0 Å². The van der Waals surface area contributed by atoms with Crippen molar-refractivity contribution in [2.24, 2.45) is 0 Å². The van der Waals surface area contributed by atoms with Gasteiger partial charge in [0.25, 0.3) is 0 Å². The molecule has 0 radical (unpaired) electrons. The molecule has 0 saturated carbocycles. The molecule has 1 saturated heterocycles. The van der Waals surface area contributed by atoms with E-state index < -0.39 is 6.04 Å². The quantitative estimate of drug-likeness (QED) is 0.735. The number of hydrogen-bond donors (Lipinski definition) is 0. The van der Waals surface area contributed by atoms with E-state index in [9.17, 15) is 14.0 Å². The molecule has 1 aromatic carbocycles. The molecule has 8 heteroatoms. The lowest BCUT2D eigenvalue weighted by molar-refractivity contribution is -0.156. The van der Waals surface area contributed by atoms with Gasteiger partial charge in [-0.2, -0.15) is 0 Å². The fourth-order valence-electron chi connectivity index (χ4n) is 3.21. The minimum absolute atomic E-state index is 0.0219. The van der Waals surface area contributed by atoms with Gasteiger partial charge in [0.15, 0.2) is 0 Å². The van der Waals surface area contributed by atoms with E-state index in [1.165, 1.54) is 17.0 Å². The van der Waals surface area contributed by atoms with Gasteiger partial charge in [-0.25, -0.2) is 9.37 Å². The Morgan fingerprint density at radius 1 is 1.30 bits per heavy atom. The molecule has 0 spiro atoms. The Hall–Kier alpha value is -2.74. The zero-order valence-corrected chi connectivity index (χ0v) is 15.5. The van der Waals surface area contributed by atoms with Crippen molar-refractivity contribution in [2.45, 2.75) is 32.6 Å². The third-order valence-electron chi connectivity index (χ3n) is 4.71. The van der Waals surface area contributed by atoms with Crippen molar-refractivity contribution in [2.75, 3.05) is 20.3 Å². The molecule has 1 aliphatic rings. The zero-order chi connectivity index (χ0) is 19.4. The van der Waals surface area contributed by atoms with Crippen molar-refractivity contribution in [1.29, 1.82) is 0 Å². The lowest BCUT2D eigenvalue weighted by atomic mass is 10.1. The van der Waals surface area contributed by atoms with Gasteiger partial charge in [-0.1, -0.05) is 12.1 Å². The van der Waals surface area contributed by atoms with Crippen LogP contribution in [0.2, 0.25) is 0 Å². The number of imidazole rings is 1. The fraction of sp³-hybridized carbons (Fsp3) is 0.421. The third kappa shape index (κ3) is 4.33. The predicted molar refractivity (Wildman–Crippen MR) is 95.9 cm³/mol. The highest BCUT2D eigenvalue weighted by Gasteiger charge is 2.36. The molecule has 3 rings (SSSR count). The standard InChI is InChI=1S/C19H23FN4O3/c1-14-19(26)23(10-15-4-3-5-16(20)8-15)12-18(25)24(14)11-17-9-21-13-22(17)6-7-27-2/h3-5,8-9,13-14H,6-7,10-12H2,1-2H3/t14-/m0/s1. The number of rotatable bonds is 7. The van der Waals surface area contributed by atoms with Gasteiger partial charge in [0.1, 0.15) is 18.4 Å². The van der Waals surface area contributed by atoms with Gasteiger partial charge in [0.2, 0.25) is 11.8 Å². The molecule has 0 N–H and O–H groups in total. The van der Waals surface area contributed by atoms with Crippen LogP contribution in [0.1, 0.15) is 18.2 Å². The molecule has 27 heavy (non-hydrogen) atoms. The lowest BCUT2D eigenvalue weighted by Gasteiger charge is -2.38. The monoisotopic (exact) mass is 374 g/mol. The summed E-state index contributed by atoms with van der Waals surface area (Å²) in [4.78, 5) is 32.6. The van der Waals surface area contributed by atoms with Gasteiger partial charge in [-0.05, 0) is 24.6 Å². The predicted octanol–water partition coefficient (Wildman–Crippen LogP) is 1.43. The van der Waals surface area contributed by atoms with Crippen molar-refractivity contribution < 1.29 is 18.7 Å². The lowest BCUT2D eigenvalue weighted by Crippen LogP contribution is -2.58. The summed E-state index contributed by atoms with van der Waals surface area (Å²) in [6, 6.07) is 5.47. The topological polar surface area (TPSA) is 67.7 Å². The van der Waals surface area contributed by atoms with Crippen molar-refractivity contribution in [3.63, 3.8) is 0 Å². The second-order valence-electron chi connectivity index (χ2n) is 6.59. The molecule has 1 fully saturated rings. The Morgan fingerprint density at radius 3 is 2.85 bits per heavy atom. The second kappa shape index (κ2) is 8.30. The van der Waals surface area contributed by atoms with Crippen molar-refractivity contribution in [1.82, 2.24) is 19.4 Å². The second-order valence-corrected chi connectivity index (χ2v) is 6.59. The molecule has 1 aromatic heterocycles. The first-order valence-corrected chi connectivity index (χ1v) is 8.80. The Labute approximate surface area is 157 Å². The number of ether oxygens (including phenoxy) is 1. The number of piperazine rings is 1. The van der Waals surface area contributed by atoms with E-state index in [-0.39, 0.29) is 30.7 Å². The number of benzene rings is 1. The summed E-state index contributed by atoms with van der Waals surface area (Å²) in [5.41, 5.74) is 1.51. The maximum absolute atomic E-state index is 13.4.